The van der Waals surface area contributed by atoms with E-state index in [0.29, 0.717) is 32.9 Å². The number of nitrogens with one attached hydrogen (secondary N) is 1. The lowest BCUT2D eigenvalue weighted by Crippen LogP contribution is -2.12. The molecular formula is C18H12ClFN2OS. The van der Waals surface area contributed by atoms with E-state index in [1.54, 1.807) is 54.7 Å². The summed E-state index contributed by atoms with van der Waals surface area (Å²) in [5.41, 5.74) is 1.30. The van der Waals surface area contributed by atoms with Crippen LogP contribution < -0.4 is 10.1 Å². The van der Waals surface area contributed by atoms with Crippen molar-refractivity contribution in [2.45, 2.75) is 0 Å². The zero-order valence-corrected chi connectivity index (χ0v) is 13.9. The highest BCUT2D eigenvalue weighted by atomic mass is 35.5. The monoisotopic (exact) mass is 358 g/mol. The third-order valence-corrected chi connectivity index (χ3v) is 3.69. The van der Waals surface area contributed by atoms with Crippen LogP contribution in [0.25, 0.3) is 0 Å². The summed E-state index contributed by atoms with van der Waals surface area (Å²) >= 11 is 11.4. The lowest BCUT2D eigenvalue weighted by molar-refractivity contribution is 0.462. The van der Waals surface area contributed by atoms with Gasteiger partial charge in [-0.2, -0.15) is 0 Å². The zero-order chi connectivity index (χ0) is 16.9. The Morgan fingerprint density at radius 2 is 1.88 bits per heavy atom. The number of aromatic nitrogens is 1. The number of hydrogen-bond acceptors (Lipinski definition) is 3. The van der Waals surface area contributed by atoms with Crippen molar-refractivity contribution in [1.82, 2.24) is 4.98 Å². The predicted octanol–water partition coefficient (Wildman–Crippen LogP) is 5.45. The average molecular weight is 359 g/mol. The van der Waals surface area contributed by atoms with Gasteiger partial charge in [0.15, 0.2) is 0 Å². The van der Waals surface area contributed by atoms with Crippen molar-refractivity contribution < 1.29 is 9.13 Å². The number of benzene rings is 2. The topological polar surface area (TPSA) is 34.2 Å². The molecule has 1 aromatic heterocycles. The Morgan fingerprint density at radius 3 is 2.62 bits per heavy atom. The largest absolute Gasteiger partial charge is 0.438 e. The molecule has 0 atom stereocenters. The van der Waals surface area contributed by atoms with E-state index >= 15 is 0 Å². The van der Waals surface area contributed by atoms with Gasteiger partial charge in [-0.05, 0) is 54.6 Å². The molecule has 24 heavy (non-hydrogen) atoms. The van der Waals surface area contributed by atoms with Crippen LogP contribution in [0, 0.1) is 5.82 Å². The maximum absolute atomic E-state index is 13.0. The minimum Gasteiger partial charge on any atom is -0.438 e. The van der Waals surface area contributed by atoms with Gasteiger partial charge in [-0.1, -0.05) is 29.9 Å². The summed E-state index contributed by atoms with van der Waals surface area (Å²) in [5, 5.41) is 3.61. The highest BCUT2D eigenvalue weighted by Gasteiger charge is 2.11. The van der Waals surface area contributed by atoms with Crippen molar-refractivity contribution in [3.8, 4) is 11.6 Å². The molecule has 0 saturated carbocycles. The Balaban J connectivity index is 1.83. The number of thiocarbonyl (C=S) groups is 1. The number of pyridine rings is 1. The van der Waals surface area contributed by atoms with Crippen LogP contribution in [-0.4, -0.2) is 9.97 Å². The molecule has 0 amide bonds. The first-order valence-electron chi connectivity index (χ1n) is 7.07. The van der Waals surface area contributed by atoms with Gasteiger partial charge in [-0.25, -0.2) is 9.37 Å². The molecule has 0 aliphatic rings. The molecule has 1 N–H and O–H groups in total. The fourth-order valence-corrected chi connectivity index (χ4v) is 2.47. The maximum Gasteiger partial charge on any atom is 0.229 e. The lowest BCUT2D eigenvalue weighted by atomic mass is 10.2. The molecule has 1 heterocycles. The minimum absolute atomic E-state index is 0.308. The van der Waals surface area contributed by atoms with Gasteiger partial charge < -0.3 is 10.1 Å². The maximum atomic E-state index is 13.0. The molecule has 3 nitrogen and oxygen atoms in total. The van der Waals surface area contributed by atoms with Gasteiger partial charge >= 0.3 is 0 Å². The van der Waals surface area contributed by atoms with Crippen LogP contribution in [0.15, 0.2) is 66.9 Å². The van der Waals surface area contributed by atoms with Gasteiger partial charge in [0, 0.05) is 16.9 Å². The smallest absolute Gasteiger partial charge is 0.229 e. The summed E-state index contributed by atoms with van der Waals surface area (Å²) in [5.74, 6) is 0.615. The molecule has 6 heteroatoms. The molecule has 0 radical (unpaired) electrons. The third-order valence-electron chi connectivity index (χ3n) is 3.13. The second kappa shape index (κ2) is 7.38. The Hall–Kier alpha value is -2.50. The first-order valence-corrected chi connectivity index (χ1v) is 7.86. The van der Waals surface area contributed by atoms with Gasteiger partial charge in [-0.3, -0.25) is 0 Å². The summed E-state index contributed by atoms with van der Waals surface area (Å²) in [6.45, 7) is 0. The van der Waals surface area contributed by atoms with Crippen molar-refractivity contribution in [3.63, 3.8) is 0 Å². The van der Waals surface area contributed by atoms with Crippen molar-refractivity contribution in [1.29, 1.82) is 0 Å². The van der Waals surface area contributed by atoms with Crippen LogP contribution in [0.2, 0.25) is 5.02 Å². The molecule has 0 spiro atoms. The Kier molecular flexibility index (Phi) is 5.03. The lowest BCUT2D eigenvalue weighted by Gasteiger charge is -2.12. The highest BCUT2D eigenvalue weighted by Crippen LogP contribution is 2.26. The van der Waals surface area contributed by atoms with Crippen LogP contribution in [0.4, 0.5) is 10.1 Å². The molecule has 0 fully saturated rings. The number of hydrogen-bond donors (Lipinski definition) is 1. The molecule has 0 unspecified atom stereocenters. The molecule has 120 valence electrons. The van der Waals surface area contributed by atoms with Crippen LogP contribution >= 0.6 is 23.8 Å². The quantitative estimate of drug-likeness (QED) is 0.628. The van der Waals surface area contributed by atoms with E-state index in [4.69, 9.17) is 28.6 Å². The molecule has 0 saturated heterocycles. The SMILES string of the molecule is Fc1ccc(NC(=S)c2cccnc2Oc2cccc(Cl)c2)cc1. The van der Waals surface area contributed by atoms with Gasteiger partial charge in [0.05, 0.1) is 5.56 Å². The van der Waals surface area contributed by atoms with E-state index < -0.39 is 0 Å². The van der Waals surface area contributed by atoms with E-state index in [-0.39, 0.29) is 5.82 Å². The van der Waals surface area contributed by atoms with Crippen molar-refractivity contribution in [2.75, 3.05) is 5.32 Å². The summed E-state index contributed by atoms with van der Waals surface area (Å²) in [6.07, 6.45) is 1.61. The van der Waals surface area contributed by atoms with E-state index in [1.807, 2.05) is 0 Å². The summed E-state index contributed by atoms with van der Waals surface area (Å²) in [7, 11) is 0. The zero-order valence-electron chi connectivity index (χ0n) is 12.4. The standard InChI is InChI=1S/C18H12ClFN2OS/c19-12-3-1-4-15(11-12)23-17-16(5-2-10-21-17)18(24)22-14-8-6-13(20)7-9-14/h1-11H,(H,22,24). The highest BCUT2D eigenvalue weighted by molar-refractivity contribution is 7.81. The Bertz CT molecular complexity index is 871. The van der Waals surface area contributed by atoms with E-state index in [9.17, 15) is 4.39 Å². The molecule has 0 aliphatic heterocycles. The molecule has 2 aromatic carbocycles. The third kappa shape index (κ3) is 4.07. The minimum atomic E-state index is -0.308. The fraction of sp³-hybridized carbons (Fsp3) is 0. The second-order valence-corrected chi connectivity index (χ2v) is 5.72. The number of anilines is 1. The molecule has 3 aromatic rings. The van der Waals surface area contributed by atoms with Crippen LogP contribution in [-0.2, 0) is 0 Å². The first kappa shape index (κ1) is 16.4. The number of halogens is 2. The molecular weight excluding hydrogens is 347 g/mol. The summed E-state index contributed by atoms with van der Waals surface area (Å²) in [4.78, 5) is 4.65. The van der Waals surface area contributed by atoms with Crippen LogP contribution in [0.5, 0.6) is 11.6 Å². The van der Waals surface area contributed by atoms with E-state index in [0.717, 1.165) is 0 Å². The number of nitrogens with zero attached hydrogens (tertiary/aromatic N) is 1. The van der Waals surface area contributed by atoms with Crippen LogP contribution in [0.1, 0.15) is 5.56 Å². The van der Waals surface area contributed by atoms with Crippen molar-refractivity contribution in [2.24, 2.45) is 0 Å². The van der Waals surface area contributed by atoms with Gasteiger partial charge in [0.25, 0.3) is 0 Å². The molecule has 0 aliphatic carbocycles. The van der Waals surface area contributed by atoms with Gasteiger partial charge in [-0.15, -0.1) is 0 Å². The summed E-state index contributed by atoms with van der Waals surface area (Å²) < 4.78 is 18.8. The van der Waals surface area contributed by atoms with Crippen molar-refractivity contribution in [3.05, 3.63) is 83.3 Å². The van der Waals surface area contributed by atoms with Gasteiger partial charge in [0.1, 0.15) is 16.6 Å². The van der Waals surface area contributed by atoms with Crippen LogP contribution in [0.3, 0.4) is 0 Å². The second-order valence-electron chi connectivity index (χ2n) is 4.88. The van der Waals surface area contributed by atoms with Gasteiger partial charge in [0.2, 0.25) is 5.88 Å². The van der Waals surface area contributed by atoms with Crippen molar-refractivity contribution >= 4 is 34.5 Å². The Morgan fingerprint density at radius 1 is 1.08 bits per heavy atom. The van der Waals surface area contributed by atoms with E-state index in [1.165, 1.54) is 12.1 Å². The Labute approximate surface area is 149 Å². The fourth-order valence-electron chi connectivity index (χ4n) is 2.02. The normalized spacial score (nSPS) is 10.2. The average Bonchev–Trinajstić information content (AvgIpc) is 2.57. The predicted molar refractivity (Wildman–Crippen MR) is 97.5 cm³/mol. The summed E-state index contributed by atoms with van der Waals surface area (Å²) in [6, 6.07) is 16.5. The molecule has 3 rings (SSSR count). The number of rotatable bonds is 4. The molecule has 0 bridgehead atoms. The first-order chi connectivity index (χ1) is 11.6. The number of ether oxygens (including phenoxy) is 1. The van der Waals surface area contributed by atoms with E-state index in [2.05, 4.69) is 10.3 Å².